The van der Waals surface area contributed by atoms with Crippen LogP contribution in [0.2, 0.25) is 0 Å². The van der Waals surface area contributed by atoms with Gasteiger partial charge in [-0.15, -0.1) is 0 Å². The van der Waals surface area contributed by atoms with E-state index in [1.807, 2.05) is 69.2 Å². The molecule has 9 rings (SSSR count). The van der Waals surface area contributed by atoms with Gasteiger partial charge in [0.25, 0.3) is 0 Å². The van der Waals surface area contributed by atoms with Gasteiger partial charge in [0.1, 0.15) is 36.4 Å². The molecule has 90 heavy (non-hydrogen) atoms. The third-order valence-corrected chi connectivity index (χ3v) is 17.5. The standard InChI is InChI=1S/3C24H38N2O4/c3*1-14(2)9-17-13-26-8-7-16-10-21(28-5)22(29-6)11-18(16)19(26)12-20(17)30-24(27)23(25)15(3)4/h3*10-11,14-15,17,19-20,23H,7-9,12-13,25H2,1-6H3/t3*17?,19?,20?,23-/m000/s1/i5D3,7D2,8D2,20D;2*7D2,8D2,20D. The van der Waals surface area contributed by atoms with Crippen LogP contribution < -0.4 is 45.6 Å². The SMILES string of the molecule is [2H]C([2H])([2H])Oc1cc2c(cc1OC)C1CC([2H])(OC(=O)[C@@H](N)C(C)C)C(CC(C)C)CN1C([2H])([2H])C2([2H])[2H].[2H]C1(OC(=O)[C@@H](N)C(C)C)CC2c3cc(OC)c(OC)cc3C([2H])([2H])C([2H])([2H])N2CC1CC(C)C.[2H]C1(OC(=O)[C@@H](N)C(C)C)CC2c3cc(OC)c(OC)cc3C([2H])([2H])C([2H])([2H])N2CC1CC(C)C. The fraction of sp³-hybridized carbons (Fsp3) is 0.708. The highest BCUT2D eigenvalue weighted by atomic mass is 16.6. The lowest BCUT2D eigenvalue weighted by Crippen LogP contribution is -2.51. The smallest absolute Gasteiger partial charge is 0.323 e. The number of nitrogens with two attached hydrogens (primary N) is 3. The molecule has 0 radical (unpaired) electrons. The van der Waals surface area contributed by atoms with Crippen LogP contribution in [0, 0.1) is 53.3 Å². The lowest BCUT2D eigenvalue weighted by atomic mass is 9.79. The van der Waals surface area contributed by atoms with E-state index >= 15 is 0 Å². The zero-order valence-electron chi connectivity index (χ0n) is 74.0. The van der Waals surface area contributed by atoms with Crippen molar-refractivity contribution in [1.82, 2.24) is 14.7 Å². The fourth-order valence-electron chi connectivity index (χ4n) is 12.3. The van der Waals surface area contributed by atoms with Gasteiger partial charge in [-0.1, -0.05) is 83.1 Å². The van der Waals surface area contributed by atoms with E-state index in [0.717, 1.165) is 6.07 Å². The number of hydrogen-bond acceptors (Lipinski definition) is 18. The molecule has 18 heteroatoms. The van der Waals surface area contributed by atoms with Gasteiger partial charge in [-0.2, -0.15) is 0 Å². The van der Waals surface area contributed by atoms with Gasteiger partial charge in [0.05, 0.1) is 50.8 Å². The Morgan fingerprint density at radius 2 is 0.689 bits per heavy atom. The molecule has 0 aromatic heterocycles. The van der Waals surface area contributed by atoms with Gasteiger partial charge in [0, 0.05) is 111 Å². The molecule has 3 fully saturated rings. The third-order valence-electron chi connectivity index (χ3n) is 17.5. The predicted octanol–water partition coefficient (Wildman–Crippen LogP) is 10.7. The van der Waals surface area contributed by atoms with E-state index in [-0.39, 0.29) is 103 Å². The number of esters is 3. The van der Waals surface area contributed by atoms with Gasteiger partial charge in [0.15, 0.2) is 34.5 Å². The highest BCUT2D eigenvalue weighted by Crippen LogP contribution is 2.48. The van der Waals surface area contributed by atoms with Gasteiger partial charge in [-0.05, 0) is 144 Å². The van der Waals surface area contributed by atoms with E-state index in [2.05, 4.69) is 0 Å². The summed E-state index contributed by atoms with van der Waals surface area (Å²) in [5.74, 6) is -2.73. The van der Waals surface area contributed by atoms with Crippen LogP contribution in [0.5, 0.6) is 34.5 Å². The molecule has 6 aliphatic heterocycles. The summed E-state index contributed by atoms with van der Waals surface area (Å²) in [6.45, 7) is 15.4. The molecule has 0 aliphatic carbocycles. The van der Waals surface area contributed by atoms with Crippen molar-refractivity contribution in [2.75, 3.05) is 81.7 Å². The Labute approximate surface area is 564 Å². The summed E-state index contributed by atoms with van der Waals surface area (Å²) in [7, 11) is 4.29. The maximum Gasteiger partial charge on any atom is 0.323 e. The summed E-state index contributed by atoms with van der Waals surface area (Å²) in [4.78, 5) is 43.0. The van der Waals surface area contributed by atoms with Crippen molar-refractivity contribution in [3.8, 4) is 34.5 Å². The Balaban J connectivity index is 0.000000226. The molecule has 0 amide bonds. The van der Waals surface area contributed by atoms with Crippen molar-refractivity contribution in [2.45, 2.75) is 195 Å². The number of aryl methyl sites for hydroxylation is 3. The number of fused-ring (bicyclic) bond motifs is 9. The molecule has 0 spiro atoms. The molecule has 3 saturated heterocycles. The van der Waals surface area contributed by atoms with Crippen molar-refractivity contribution in [3.63, 3.8) is 0 Å². The number of carbonyl (C=O) groups is 3. The minimum atomic E-state index is -2.84. The Kier molecular flexibility index (Phi) is 18.1. The monoisotopic (exact) mass is 1270 g/mol. The molecule has 504 valence electrons. The molecule has 9 unspecified atom stereocenters. The van der Waals surface area contributed by atoms with Crippen molar-refractivity contribution in [3.05, 3.63) is 69.8 Å². The summed E-state index contributed by atoms with van der Waals surface area (Å²) < 4.78 is 205. The Morgan fingerprint density at radius 1 is 0.444 bits per heavy atom. The first-order chi connectivity index (χ1) is 49.4. The molecule has 3 aromatic carbocycles. The number of piperidine rings is 3. The molecule has 0 saturated carbocycles. The Bertz CT molecular complexity index is 3550. The molecule has 12 atom stereocenters. The van der Waals surface area contributed by atoms with Crippen LogP contribution in [0.15, 0.2) is 36.4 Å². The predicted molar refractivity (Wildman–Crippen MR) is 353 cm³/mol. The van der Waals surface area contributed by atoms with E-state index in [1.54, 1.807) is 26.0 Å². The van der Waals surface area contributed by atoms with Crippen molar-refractivity contribution >= 4 is 17.9 Å². The zero-order valence-corrected chi connectivity index (χ0v) is 56.0. The summed E-state index contributed by atoms with van der Waals surface area (Å²) in [5.41, 5.74) is 19.5. The van der Waals surface area contributed by atoms with Crippen LogP contribution in [0.3, 0.4) is 0 Å². The first-order valence-corrected chi connectivity index (χ1v) is 31.7. The maximum atomic E-state index is 12.9. The molecular formula is C72H114N6O12. The molecule has 0 bridgehead atoms. The maximum absolute atomic E-state index is 12.9. The largest absolute Gasteiger partial charge is 0.493 e. The first kappa shape index (κ1) is 50.2. The molecule has 6 heterocycles. The number of hydrogen-bond donors (Lipinski definition) is 3. The first-order valence-electron chi connectivity index (χ1n) is 40.7. The van der Waals surface area contributed by atoms with Crippen molar-refractivity contribution in [1.29, 1.82) is 0 Å². The number of nitrogens with zero attached hydrogens (tertiary/aromatic N) is 3. The van der Waals surface area contributed by atoms with Gasteiger partial charge >= 0.3 is 17.9 Å². The van der Waals surface area contributed by atoms with Gasteiger partial charge in [0.2, 0.25) is 0 Å². The molecule has 6 N–H and O–H groups in total. The number of ether oxygens (including phenoxy) is 9. The van der Waals surface area contributed by atoms with Crippen LogP contribution >= 0.6 is 0 Å². The minimum absolute atomic E-state index is 0.0248. The topological polar surface area (TPSA) is 222 Å². The van der Waals surface area contributed by atoms with E-state index < -0.39 is 136 Å². The summed E-state index contributed by atoms with van der Waals surface area (Å²) in [6.07, 6.45) is -11.1. The minimum Gasteiger partial charge on any atom is -0.493 e. The van der Waals surface area contributed by atoms with E-state index in [4.69, 9.17) is 80.4 Å². The van der Waals surface area contributed by atoms with Crippen LogP contribution in [-0.4, -0.2) is 151 Å². The lowest BCUT2D eigenvalue weighted by molar-refractivity contribution is -0.161. The van der Waals surface area contributed by atoms with E-state index in [0.29, 0.717) is 59.0 Å². The van der Waals surface area contributed by atoms with Gasteiger partial charge < -0.3 is 59.8 Å². The van der Waals surface area contributed by atoms with E-state index in [9.17, 15) is 18.5 Å². The molecular weight excluding hydrogens is 1140 g/mol. The summed E-state index contributed by atoms with van der Waals surface area (Å²) in [6, 6.07) is 3.81. The quantitative estimate of drug-likeness (QED) is 0.0666. The fourth-order valence-corrected chi connectivity index (χ4v) is 12.3. The van der Waals surface area contributed by atoms with Crippen LogP contribution in [0.4, 0.5) is 0 Å². The van der Waals surface area contributed by atoms with Crippen LogP contribution in [0.25, 0.3) is 0 Å². The number of rotatable bonds is 21. The second-order valence-corrected chi connectivity index (χ2v) is 26.6. The van der Waals surface area contributed by atoms with E-state index in [1.165, 1.54) is 68.4 Å². The second-order valence-electron chi connectivity index (χ2n) is 26.6. The van der Waals surface area contributed by atoms with Crippen LogP contribution in [0.1, 0.15) is 198 Å². The molecule has 18 nitrogen and oxygen atoms in total. The Hall–Kier alpha value is -5.37. The second kappa shape index (κ2) is 32.5. The third kappa shape index (κ3) is 17.5. The Morgan fingerprint density at radius 3 is 0.911 bits per heavy atom. The van der Waals surface area contributed by atoms with Gasteiger partial charge in [-0.3, -0.25) is 29.1 Å². The lowest BCUT2D eigenvalue weighted by Gasteiger charge is -2.47. The number of benzene rings is 3. The van der Waals surface area contributed by atoms with Crippen LogP contribution in [-0.2, 0) is 47.7 Å². The summed E-state index contributed by atoms with van der Waals surface area (Å²) in [5, 5.41) is 0. The molecule has 6 aliphatic rings. The number of methoxy groups -OCH3 is 6. The van der Waals surface area contributed by atoms with Crippen molar-refractivity contribution < 1.29 is 81.7 Å². The number of carbonyl (C=O) groups excluding carboxylic acids is 3. The highest BCUT2D eigenvalue weighted by Gasteiger charge is 2.45. The van der Waals surface area contributed by atoms with Crippen molar-refractivity contribution in [2.24, 2.45) is 70.5 Å². The summed E-state index contributed by atoms with van der Waals surface area (Å²) >= 11 is 0. The molecule has 3 aromatic rings. The zero-order chi connectivity index (χ0) is 82.0. The highest BCUT2D eigenvalue weighted by molar-refractivity contribution is 5.77. The van der Waals surface area contributed by atoms with Gasteiger partial charge in [-0.25, -0.2) is 0 Å². The average molecular weight is 1270 g/mol. The normalized spacial score (nSPS) is 33.8. The average Bonchev–Trinajstić information content (AvgIpc) is 0.713.